The predicted octanol–water partition coefficient (Wildman–Crippen LogP) is 2.41. The lowest BCUT2D eigenvalue weighted by Gasteiger charge is -2.05. The van der Waals surface area contributed by atoms with Crippen molar-refractivity contribution in [3.63, 3.8) is 0 Å². The summed E-state index contributed by atoms with van der Waals surface area (Å²) in [6.45, 7) is 1.52. The van der Waals surface area contributed by atoms with E-state index in [1.165, 1.54) is 6.92 Å². The van der Waals surface area contributed by atoms with Gasteiger partial charge in [-0.05, 0) is 19.1 Å². The molecule has 0 aliphatic carbocycles. The molecule has 1 aromatic rings. The van der Waals surface area contributed by atoms with Gasteiger partial charge >= 0.3 is 6.18 Å². The first-order valence-corrected chi connectivity index (χ1v) is 3.00. The van der Waals surface area contributed by atoms with Crippen LogP contribution in [0.3, 0.4) is 0 Å². The van der Waals surface area contributed by atoms with Crippen molar-refractivity contribution in [1.82, 2.24) is 4.98 Å². The first-order valence-electron chi connectivity index (χ1n) is 3.00. The normalized spacial score (nSPS) is 11.6. The fraction of sp³-hybridized carbons (Fsp3) is 0.286. The molecule has 0 fully saturated rings. The van der Waals surface area contributed by atoms with Gasteiger partial charge in [0.05, 0.1) is 5.56 Å². The Kier molecular flexibility index (Phi) is 1.85. The minimum atomic E-state index is -4.26. The van der Waals surface area contributed by atoms with E-state index in [9.17, 15) is 13.2 Å². The molecule has 0 spiro atoms. The van der Waals surface area contributed by atoms with Crippen LogP contribution < -0.4 is 0 Å². The highest BCUT2D eigenvalue weighted by molar-refractivity contribution is 5.18. The van der Waals surface area contributed by atoms with Crippen LogP contribution in [0, 0.1) is 6.92 Å². The van der Waals surface area contributed by atoms with Crippen molar-refractivity contribution in [2.45, 2.75) is 13.1 Å². The highest BCUT2D eigenvalue weighted by Gasteiger charge is 2.30. The third-order valence-electron chi connectivity index (χ3n) is 1.22. The number of aromatic nitrogens is 1. The number of pyridine rings is 1. The van der Waals surface area contributed by atoms with Gasteiger partial charge in [0.2, 0.25) is 0 Å². The molecule has 0 aromatic carbocycles. The Labute approximate surface area is 61.9 Å². The van der Waals surface area contributed by atoms with Crippen molar-refractivity contribution in [2.75, 3.05) is 0 Å². The van der Waals surface area contributed by atoms with Crippen molar-refractivity contribution >= 4 is 0 Å². The molecule has 0 radical (unpaired) electrons. The van der Waals surface area contributed by atoms with Crippen LogP contribution in [0.15, 0.2) is 18.3 Å². The van der Waals surface area contributed by atoms with Crippen LogP contribution in [0.2, 0.25) is 0 Å². The Morgan fingerprint density at radius 2 is 2.00 bits per heavy atom. The Bertz CT molecular complexity index is 254. The summed E-state index contributed by atoms with van der Waals surface area (Å²) >= 11 is 0. The molecule has 60 valence electrons. The minimum Gasteiger partial charge on any atom is -0.262 e. The van der Waals surface area contributed by atoms with Gasteiger partial charge in [0, 0.05) is 11.9 Å². The van der Waals surface area contributed by atoms with Crippen molar-refractivity contribution in [2.24, 2.45) is 0 Å². The van der Waals surface area contributed by atoms with Crippen LogP contribution in [0.5, 0.6) is 0 Å². The molecule has 0 aliphatic rings. The van der Waals surface area contributed by atoms with E-state index in [1.54, 1.807) is 0 Å². The van der Waals surface area contributed by atoms with Gasteiger partial charge < -0.3 is 0 Å². The highest BCUT2D eigenvalue weighted by atomic mass is 19.4. The minimum absolute atomic E-state index is 0.375. The van der Waals surface area contributed by atoms with Crippen LogP contribution >= 0.6 is 0 Å². The summed E-state index contributed by atoms with van der Waals surface area (Å²) in [6.07, 6.45) is -3.11. The van der Waals surface area contributed by atoms with E-state index < -0.39 is 11.7 Å². The summed E-state index contributed by atoms with van der Waals surface area (Å²) in [4.78, 5) is 3.65. The first kappa shape index (κ1) is 8.04. The third kappa shape index (κ3) is 1.93. The molecule has 0 unspecified atom stereocenters. The SMILES string of the molecule is Cc1cc(C(F)(F)F)ccn1. The molecule has 11 heavy (non-hydrogen) atoms. The molecule has 1 rings (SSSR count). The summed E-state index contributed by atoms with van der Waals surface area (Å²) in [6, 6.07) is 1.97. The largest absolute Gasteiger partial charge is 0.416 e. The quantitative estimate of drug-likeness (QED) is 0.569. The summed E-state index contributed by atoms with van der Waals surface area (Å²) in [7, 11) is 0. The zero-order chi connectivity index (χ0) is 8.48. The maximum atomic E-state index is 11.9. The number of halogens is 3. The summed E-state index contributed by atoms with van der Waals surface area (Å²) in [5.74, 6) is 0. The molecule has 0 N–H and O–H groups in total. The summed E-state index contributed by atoms with van der Waals surface area (Å²) in [5, 5.41) is 0. The number of rotatable bonds is 0. The summed E-state index contributed by atoms with van der Waals surface area (Å²) in [5.41, 5.74) is -0.273. The molecule has 0 atom stereocenters. The van der Waals surface area contributed by atoms with Gasteiger partial charge in [0.1, 0.15) is 0 Å². The second-order valence-corrected chi connectivity index (χ2v) is 2.18. The van der Waals surface area contributed by atoms with E-state index in [-0.39, 0.29) is 0 Å². The van der Waals surface area contributed by atoms with Crippen LogP contribution in [0.4, 0.5) is 13.2 Å². The lowest BCUT2D eigenvalue weighted by Crippen LogP contribution is -2.05. The van der Waals surface area contributed by atoms with Crippen LogP contribution in [0.1, 0.15) is 11.3 Å². The fourth-order valence-electron chi connectivity index (χ4n) is 0.722. The van der Waals surface area contributed by atoms with Crippen molar-refractivity contribution in [1.29, 1.82) is 0 Å². The molecular weight excluding hydrogens is 155 g/mol. The molecule has 0 aliphatic heterocycles. The molecule has 0 amide bonds. The molecule has 0 saturated carbocycles. The van der Waals surface area contributed by atoms with E-state index >= 15 is 0 Å². The third-order valence-corrected chi connectivity index (χ3v) is 1.22. The van der Waals surface area contributed by atoms with Crippen LogP contribution in [-0.2, 0) is 6.18 Å². The van der Waals surface area contributed by atoms with E-state index in [0.29, 0.717) is 5.69 Å². The van der Waals surface area contributed by atoms with E-state index in [2.05, 4.69) is 4.98 Å². The predicted molar refractivity (Wildman–Crippen MR) is 34.0 cm³/mol. The van der Waals surface area contributed by atoms with Gasteiger partial charge in [0.15, 0.2) is 0 Å². The van der Waals surface area contributed by atoms with Crippen molar-refractivity contribution < 1.29 is 13.2 Å². The fourth-order valence-corrected chi connectivity index (χ4v) is 0.722. The standard InChI is InChI=1S/C7H6F3N/c1-5-4-6(2-3-11-5)7(8,9)10/h2-4H,1H3. The van der Waals surface area contributed by atoms with E-state index in [4.69, 9.17) is 0 Å². The molecular formula is C7H6F3N. The van der Waals surface area contributed by atoms with Crippen molar-refractivity contribution in [3.8, 4) is 0 Å². The topological polar surface area (TPSA) is 12.9 Å². The molecule has 0 saturated heterocycles. The molecule has 4 heteroatoms. The zero-order valence-corrected chi connectivity index (χ0v) is 5.81. The van der Waals surface area contributed by atoms with E-state index in [0.717, 1.165) is 18.3 Å². The van der Waals surface area contributed by atoms with Gasteiger partial charge in [-0.2, -0.15) is 13.2 Å². The lowest BCUT2D eigenvalue weighted by molar-refractivity contribution is -0.137. The maximum absolute atomic E-state index is 11.9. The van der Waals surface area contributed by atoms with E-state index in [1.807, 2.05) is 0 Å². The smallest absolute Gasteiger partial charge is 0.262 e. The first-order chi connectivity index (χ1) is 5.00. The second kappa shape index (κ2) is 2.53. The van der Waals surface area contributed by atoms with Gasteiger partial charge in [-0.3, -0.25) is 4.98 Å². The Morgan fingerprint density at radius 1 is 1.36 bits per heavy atom. The van der Waals surface area contributed by atoms with Crippen molar-refractivity contribution in [3.05, 3.63) is 29.6 Å². The molecule has 1 aromatic heterocycles. The Hall–Kier alpha value is -1.06. The van der Waals surface area contributed by atoms with Crippen LogP contribution in [0.25, 0.3) is 0 Å². The number of alkyl halides is 3. The molecule has 1 nitrogen and oxygen atoms in total. The summed E-state index contributed by atoms with van der Waals surface area (Å²) < 4.78 is 35.8. The number of nitrogens with zero attached hydrogens (tertiary/aromatic N) is 1. The maximum Gasteiger partial charge on any atom is 0.416 e. The number of hydrogen-bond donors (Lipinski definition) is 0. The van der Waals surface area contributed by atoms with Gasteiger partial charge in [-0.25, -0.2) is 0 Å². The lowest BCUT2D eigenvalue weighted by atomic mass is 10.2. The average molecular weight is 161 g/mol. The highest BCUT2D eigenvalue weighted by Crippen LogP contribution is 2.28. The average Bonchev–Trinajstić information content (AvgIpc) is 1.86. The number of aryl methyl sites for hydroxylation is 1. The zero-order valence-electron chi connectivity index (χ0n) is 5.81. The Morgan fingerprint density at radius 3 is 2.36 bits per heavy atom. The number of hydrogen-bond acceptors (Lipinski definition) is 1. The van der Waals surface area contributed by atoms with Gasteiger partial charge in [-0.15, -0.1) is 0 Å². The molecule has 0 bridgehead atoms. The van der Waals surface area contributed by atoms with Gasteiger partial charge in [-0.1, -0.05) is 0 Å². The van der Waals surface area contributed by atoms with Gasteiger partial charge in [0.25, 0.3) is 0 Å². The Balaban J connectivity index is 3.06. The van der Waals surface area contributed by atoms with Crippen LogP contribution in [-0.4, -0.2) is 4.98 Å². The second-order valence-electron chi connectivity index (χ2n) is 2.18. The monoisotopic (exact) mass is 161 g/mol. The molecule has 1 heterocycles.